The fraction of sp³-hybridized carbons (Fsp3) is 0.667. The van der Waals surface area contributed by atoms with Crippen LogP contribution in [0.5, 0.6) is 0 Å². The third-order valence-electron chi connectivity index (χ3n) is 1.74. The van der Waals surface area contributed by atoms with E-state index in [1.54, 1.807) is 11.3 Å². The number of aryl methyl sites for hydroxylation is 1. The lowest BCUT2D eigenvalue weighted by molar-refractivity contribution is 0.770. The first-order valence-corrected chi connectivity index (χ1v) is 6.67. The molecule has 0 amide bonds. The average Bonchev–Trinajstić information content (AvgIpc) is 2.48. The van der Waals surface area contributed by atoms with E-state index in [0.717, 1.165) is 10.8 Å². The Balaban J connectivity index is 2.31. The second kappa shape index (κ2) is 5.50. The van der Waals surface area contributed by atoms with Gasteiger partial charge in [0, 0.05) is 11.4 Å². The molecule has 1 heterocycles. The fourth-order valence-electron chi connectivity index (χ4n) is 0.998. The highest BCUT2D eigenvalue weighted by Crippen LogP contribution is 2.16. The van der Waals surface area contributed by atoms with Crippen LogP contribution in [0.25, 0.3) is 0 Å². The largest absolute Gasteiger partial charge is 0.359 e. The highest BCUT2D eigenvalue weighted by Gasteiger charge is 2.03. The number of hydrogen-bond acceptors (Lipinski definition) is 4. The molecule has 0 aliphatic rings. The number of aromatic nitrogens is 1. The topological polar surface area (TPSA) is 24.9 Å². The second-order valence-corrected chi connectivity index (χ2v) is 4.96. The summed E-state index contributed by atoms with van der Waals surface area (Å²) in [6.45, 7) is 4.22. The number of nitrogens with zero attached hydrogens (tertiary/aromatic N) is 1. The maximum Gasteiger partial charge on any atom is 0.183 e. The van der Waals surface area contributed by atoms with E-state index in [4.69, 9.17) is 0 Å². The lowest BCUT2D eigenvalue weighted by Gasteiger charge is -2.11. The Labute approximate surface area is 88.2 Å². The summed E-state index contributed by atoms with van der Waals surface area (Å²) in [4.78, 5) is 4.36. The molecule has 1 aromatic rings. The molecule has 0 aliphatic carbocycles. The minimum Gasteiger partial charge on any atom is -0.359 e. The van der Waals surface area contributed by atoms with Crippen molar-refractivity contribution in [1.82, 2.24) is 4.98 Å². The standard InChI is InChI=1S/C9H16N2S2/c1-7(4-5-12-3)10-9-11-8(2)6-13-9/h6-7H,4-5H2,1-3H3,(H,10,11). The predicted octanol–water partition coefficient (Wildman–Crippen LogP) is 3.01. The van der Waals surface area contributed by atoms with Crippen molar-refractivity contribution in [2.45, 2.75) is 26.3 Å². The Morgan fingerprint density at radius 1 is 1.69 bits per heavy atom. The highest BCUT2D eigenvalue weighted by molar-refractivity contribution is 7.98. The summed E-state index contributed by atoms with van der Waals surface area (Å²) in [6, 6.07) is 0.526. The molecule has 1 unspecified atom stereocenters. The van der Waals surface area contributed by atoms with E-state index in [-0.39, 0.29) is 0 Å². The van der Waals surface area contributed by atoms with Gasteiger partial charge in [-0.25, -0.2) is 4.98 Å². The van der Waals surface area contributed by atoms with E-state index >= 15 is 0 Å². The minimum atomic E-state index is 0.526. The summed E-state index contributed by atoms with van der Waals surface area (Å²) in [5.74, 6) is 1.21. The van der Waals surface area contributed by atoms with Crippen molar-refractivity contribution >= 4 is 28.2 Å². The fourth-order valence-corrected chi connectivity index (χ4v) is 2.39. The van der Waals surface area contributed by atoms with Crippen LogP contribution < -0.4 is 5.32 Å². The number of hydrogen-bond donors (Lipinski definition) is 1. The minimum absolute atomic E-state index is 0.526. The molecule has 0 fully saturated rings. The second-order valence-electron chi connectivity index (χ2n) is 3.12. The van der Waals surface area contributed by atoms with Crippen molar-refractivity contribution < 1.29 is 0 Å². The number of thioether (sulfide) groups is 1. The summed E-state index contributed by atoms with van der Waals surface area (Å²) in [5, 5.41) is 6.51. The molecule has 1 rings (SSSR count). The van der Waals surface area contributed by atoms with Gasteiger partial charge in [0.1, 0.15) is 0 Å². The number of anilines is 1. The van der Waals surface area contributed by atoms with Gasteiger partial charge in [0.25, 0.3) is 0 Å². The molecular weight excluding hydrogens is 200 g/mol. The van der Waals surface area contributed by atoms with E-state index in [1.807, 2.05) is 18.7 Å². The summed E-state index contributed by atoms with van der Waals surface area (Å²) < 4.78 is 0. The van der Waals surface area contributed by atoms with Gasteiger partial charge >= 0.3 is 0 Å². The van der Waals surface area contributed by atoms with Crippen LogP contribution in [0.2, 0.25) is 0 Å². The Morgan fingerprint density at radius 3 is 3.00 bits per heavy atom. The molecular formula is C9H16N2S2. The van der Waals surface area contributed by atoms with E-state index in [2.05, 4.69) is 28.9 Å². The molecule has 1 aromatic heterocycles. The molecule has 0 aromatic carbocycles. The lowest BCUT2D eigenvalue weighted by Crippen LogP contribution is -2.15. The zero-order valence-corrected chi connectivity index (χ0v) is 9.97. The van der Waals surface area contributed by atoms with Crippen molar-refractivity contribution in [3.8, 4) is 0 Å². The molecule has 0 radical (unpaired) electrons. The van der Waals surface area contributed by atoms with Gasteiger partial charge in [0.15, 0.2) is 5.13 Å². The van der Waals surface area contributed by atoms with Gasteiger partial charge in [-0.2, -0.15) is 11.8 Å². The monoisotopic (exact) mass is 216 g/mol. The van der Waals surface area contributed by atoms with E-state index in [1.165, 1.54) is 12.2 Å². The average molecular weight is 216 g/mol. The predicted molar refractivity (Wildman–Crippen MR) is 62.9 cm³/mol. The van der Waals surface area contributed by atoms with Crippen molar-refractivity contribution in [3.05, 3.63) is 11.1 Å². The van der Waals surface area contributed by atoms with Crippen LogP contribution in [0, 0.1) is 6.92 Å². The van der Waals surface area contributed by atoms with Crippen LogP contribution >= 0.6 is 23.1 Å². The molecule has 0 saturated carbocycles. The first kappa shape index (κ1) is 10.9. The van der Waals surface area contributed by atoms with E-state index < -0.39 is 0 Å². The Morgan fingerprint density at radius 2 is 2.46 bits per heavy atom. The van der Waals surface area contributed by atoms with Crippen molar-refractivity contribution in [2.24, 2.45) is 0 Å². The van der Waals surface area contributed by atoms with E-state index in [0.29, 0.717) is 6.04 Å². The molecule has 0 saturated heterocycles. The maximum atomic E-state index is 4.36. The smallest absolute Gasteiger partial charge is 0.183 e. The molecule has 2 nitrogen and oxygen atoms in total. The summed E-state index contributed by atoms with van der Waals surface area (Å²) in [5.41, 5.74) is 1.10. The van der Waals surface area contributed by atoms with Gasteiger partial charge in [0.05, 0.1) is 5.69 Å². The number of thiazole rings is 1. The lowest BCUT2D eigenvalue weighted by atomic mass is 10.3. The third kappa shape index (κ3) is 4.00. The summed E-state index contributed by atoms with van der Waals surface area (Å²) in [6.07, 6.45) is 3.33. The molecule has 0 spiro atoms. The zero-order valence-electron chi connectivity index (χ0n) is 8.33. The number of nitrogens with one attached hydrogen (secondary N) is 1. The van der Waals surface area contributed by atoms with Crippen LogP contribution in [-0.2, 0) is 0 Å². The highest BCUT2D eigenvalue weighted by atomic mass is 32.2. The SMILES string of the molecule is CSCCC(C)Nc1nc(C)cs1. The van der Waals surface area contributed by atoms with Gasteiger partial charge in [0.2, 0.25) is 0 Å². The van der Waals surface area contributed by atoms with Gasteiger partial charge in [-0.1, -0.05) is 0 Å². The quantitative estimate of drug-likeness (QED) is 0.819. The van der Waals surface area contributed by atoms with Crippen LogP contribution in [-0.4, -0.2) is 23.0 Å². The summed E-state index contributed by atoms with van der Waals surface area (Å²) in [7, 11) is 0. The van der Waals surface area contributed by atoms with Crippen molar-refractivity contribution in [2.75, 3.05) is 17.3 Å². The van der Waals surface area contributed by atoms with Gasteiger partial charge < -0.3 is 5.32 Å². The first-order chi connectivity index (χ1) is 6.22. The molecule has 13 heavy (non-hydrogen) atoms. The normalized spacial score (nSPS) is 12.8. The maximum absolute atomic E-state index is 4.36. The van der Waals surface area contributed by atoms with Crippen LogP contribution in [0.1, 0.15) is 19.0 Å². The van der Waals surface area contributed by atoms with Crippen molar-refractivity contribution in [3.63, 3.8) is 0 Å². The van der Waals surface area contributed by atoms with Gasteiger partial charge in [-0.05, 0) is 32.3 Å². The Bertz CT molecular complexity index is 248. The molecule has 0 bridgehead atoms. The Hall–Kier alpha value is -0.220. The van der Waals surface area contributed by atoms with Crippen LogP contribution in [0.15, 0.2) is 5.38 Å². The zero-order chi connectivity index (χ0) is 9.68. The first-order valence-electron chi connectivity index (χ1n) is 4.40. The van der Waals surface area contributed by atoms with E-state index in [9.17, 15) is 0 Å². The van der Waals surface area contributed by atoms with Gasteiger partial charge in [-0.15, -0.1) is 11.3 Å². The van der Waals surface area contributed by atoms with Crippen LogP contribution in [0.3, 0.4) is 0 Å². The molecule has 0 aliphatic heterocycles. The van der Waals surface area contributed by atoms with Crippen LogP contribution in [0.4, 0.5) is 5.13 Å². The molecule has 1 atom stereocenters. The van der Waals surface area contributed by atoms with Gasteiger partial charge in [-0.3, -0.25) is 0 Å². The molecule has 1 N–H and O–H groups in total. The molecule has 4 heteroatoms. The molecule has 74 valence electrons. The summed E-state index contributed by atoms with van der Waals surface area (Å²) >= 11 is 3.57. The van der Waals surface area contributed by atoms with Crippen molar-refractivity contribution in [1.29, 1.82) is 0 Å². The third-order valence-corrected chi connectivity index (χ3v) is 3.28. The number of rotatable bonds is 5. The Kier molecular flexibility index (Phi) is 4.59.